The van der Waals surface area contributed by atoms with Gasteiger partial charge in [0.05, 0.1) is 50.5 Å². The summed E-state index contributed by atoms with van der Waals surface area (Å²) in [4.78, 5) is 17.6. The van der Waals surface area contributed by atoms with Gasteiger partial charge in [0.2, 0.25) is 0 Å². The minimum atomic E-state index is 0.323. The molecule has 3 aromatic carbocycles. The van der Waals surface area contributed by atoms with Crippen molar-refractivity contribution >= 4 is 33.7 Å². The maximum Gasteiger partial charge on any atom is 0.257 e. The van der Waals surface area contributed by atoms with E-state index in [1.54, 1.807) is 21.3 Å². The van der Waals surface area contributed by atoms with Gasteiger partial charge in [-0.15, -0.1) is 0 Å². The van der Waals surface area contributed by atoms with Gasteiger partial charge in [0.25, 0.3) is 11.8 Å². The highest BCUT2D eigenvalue weighted by Gasteiger charge is 2.11. The second-order valence-electron chi connectivity index (χ2n) is 8.72. The molecule has 2 heterocycles. The highest BCUT2D eigenvalue weighted by Crippen LogP contribution is 2.28. The van der Waals surface area contributed by atoms with Gasteiger partial charge in [-0.3, -0.25) is 0 Å². The maximum atomic E-state index is 5.64. The van der Waals surface area contributed by atoms with Crippen LogP contribution in [-0.4, -0.2) is 48.4 Å². The Morgan fingerprint density at radius 3 is 1.85 bits per heavy atom. The molecule has 0 spiro atoms. The number of fused-ring (bicyclic) bond motifs is 2. The fraction of sp³-hybridized carbons (Fsp3) is 0.241. The highest BCUT2D eigenvalue weighted by atomic mass is 16.5. The number of nitrogens with two attached hydrogens (primary N) is 1. The van der Waals surface area contributed by atoms with Crippen LogP contribution in [0.15, 0.2) is 54.6 Å². The van der Waals surface area contributed by atoms with Crippen molar-refractivity contribution in [1.82, 2.24) is 19.9 Å². The van der Waals surface area contributed by atoms with Gasteiger partial charge in [-0.1, -0.05) is 12.1 Å². The first-order valence-electron chi connectivity index (χ1n) is 12.2. The van der Waals surface area contributed by atoms with E-state index in [-0.39, 0.29) is 0 Å². The van der Waals surface area contributed by atoms with Crippen molar-refractivity contribution in [1.29, 1.82) is 0 Å². The molecular weight excluding hydrogens is 496 g/mol. The van der Waals surface area contributed by atoms with Crippen molar-refractivity contribution in [2.75, 3.05) is 39.5 Å². The molecule has 202 valence electrons. The Hall–Kier alpha value is -4.86. The lowest BCUT2D eigenvalue weighted by atomic mass is 10.2. The van der Waals surface area contributed by atoms with Gasteiger partial charge in [0.1, 0.15) is 11.5 Å². The molecule has 0 aliphatic heterocycles. The lowest BCUT2D eigenvalue weighted by Crippen LogP contribution is -2.06. The summed E-state index contributed by atoms with van der Waals surface area (Å²) in [5, 5.41) is 3.28. The third kappa shape index (κ3) is 6.35. The topological polar surface area (TPSA) is 127 Å². The summed E-state index contributed by atoms with van der Waals surface area (Å²) in [6.07, 6.45) is 0. The van der Waals surface area contributed by atoms with E-state index in [1.165, 1.54) is 7.11 Å². The number of anilines is 2. The molecule has 5 aromatic rings. The smallest absolute Gasteiger partial charge is 0.257 e. The number of methoxy groups -OCH3 is 4. The normalized spacial score (nSPS) is 10.5. The van der Waals surface area contributed by atoms with E-state index in [9.17, 15) is 0 Å². The van der Waals surface area contributed by atoms with Crippen LogP contribution in [0.5, 0.6) is 23.3 Å². The molecule has 0 atom stereocenters. The van der Waals surface area contributed by atoms with Crippen molar-refractivity contribution in [3.8, 4) is 23.3 Å². The van der Waals surface area contributed by atoms with Gasteiger partial charge in [-0.05, 0) is 61.4 Å². The number of rotatable bonds is 7. The van der Waals surface area contributed by atoms with Crippen LogP contribution in [0, 0.1) is 13.8 Å². The van der Waals surface area contributed by atoms with Crippen LogP contribution in [-0.2, 0) is 6.54 Å². The quantitative estimate of drug-likeness (QED) is 0.294. The molecule has 2 aromatic heterocycles. The SMILES string of the molecule is COc1ccc(CNc2nc3ccc(C)cc3nc2OC)c(OC)c1.COc1nc2cc(C)ccc2nc1N. The molecule has 3 N–H and O–H groups in total. The average Bonchev–Trinajstić information content (AvgIpc) is 2.95. The molecule has 0 saturated heterocycles. The van der Waals surface area contributed by atoms with Crippen LogP contribution in [0.2, 0.25) is 0 Å². The zero-order valence-electron chi connectivity index (χ0n) is 22.9. The van der Waals surface area contributed by atoms with Crippen molar-refractivity contribution in [2.24, 2.45) is 0 Å². The van der Waals surface area contributed by atoms with Crippen LogP contribution < -0.4 is 30.0 Å². The number of nitrogens with zero attached hydrogens (tertiary/aromatic N) is 4. The van der Waals surface area contributed by atoms with Crippen molar-refractivity contribution < 1.29 is 18.9 Å². The van der Waals surface area contributed by atoms with Crippen molar-refractivity contribution in [2.45, 2.75) is 20.4 Å². The van der Waals surface area contributed by atoms with Crippen LogP contribution >= 0.6 is 0 Å². The summed E-state index contributed by atoms with van der Waals surface area (Å²) >= 11 is 0. The van der Waals surface area contributed by atoms with Crippen LogP contribution in [0.25, 0.3) is 22.1 Å². The summed E-state index contributed by atoms with van der Waals surface area (Å²) in [6, 6.07) is 17.5. The second-order valence-corrected chi connectivity index (χ2v) is 8.72. The number of nitrogen functional groups attached to an aromatic ring is 1. The Morgan fingerprint density at radius 2 is 1.26 bits per heavy atom. The van der Waals surface area contributed by atoms with Gasteiger partial charge < -0.3 is 30.0 Å². The summed E-state index contributed by atoms with van der Waals surface area (Å²) in [5.74, 6) is 3.25. The fourth-order valence-corrected chi connectivity index (χ4v) is 3.89. The number of hydrogen-bond acceptors (Lipinski definition) is 10. The predicted octanol–water partition coefficient (Wildman–Crippen LogP) is 5.11. The fourth-order valence-electron chi connectivity index (χ4n) is 3.89. The number of nitrogens with one attached hydrogen (secondary N) is 1. The lowest BCUT2D eigenvalue weighted by Gasteiger charge is -2.13. The maximum absolute atomic E-state index is 5.64. The van der Waals surface area contributed by atoms with Gasteiger partial charge in [-0.2, -0.15) is 0 Å². The lowest BCUT2D eigenvalue weighted by molar-refractivity contribution is 0.391. The molecule has 10 heteroatoms. The number of benzene rings is 3. The molecule has 0 bridgehead atoms. The van der Waals surface area contributed by atoms with Crippen LogP contribution in [0.1, 0.15) is 16.7 Å². The van der Waals surface area contributed by atoms with E-state index in [1.807, 2.05) is 68.4 Å². The van der Waals surface area contributed by atoms with Gasteiger partial charge in [0, 0.05) is 18.2 Å². The first-order valence-corrected chi connectivity index (χ1v) is 12.2. The van der Waals surface area contributed by atoms with Crippen LogP contribution in [0.3, 0.4) is 0 Å². The average molecular weight is 529 g/mol. The standard InChI is InChI=1S/C19H21N3O3.C10H11N3O/c1-12-5-8-15-16(9-12)22-19(25-4)18(21-15)20-11-13-6-7-14(23-2)10-17(13)24-3;1-6-3-4-7-8(5-6)13-10(14-2)9(11)12-7/h5-10H,11H2,1-4H3,(H,20,21);3-5H,1-2H3,(H2,11,12). The minimum Gasteiger partial charge on any atom is -0.497 e. The Balaban J connectivity index is 0.000000212. The molecule has 10 nitrogen and oxygen atoms in total. The summed E-state index contributed by atoms with van der Waals surface area (Å²) in [7, 11) is 6.38. The predicted molar refractivity (Wildman–Crippen MR) is 153 cm³/mol. The van der Waals surface area contributed by atoms with E-state index in [2.05, 4.69) is 25.3 Å². The van der Waals surface area contributed by atoms with E-state index in [0.717, 1.165) is 50.3 Å². The highest BCUT2D eigenvalue weighted by molar-refractivity contribution is 5.78. The Kier molecular flexibility index (Phi) is 8.45. The number of aromatic nitrogens is 4. The summed E-state index contributed by atoms with van der Waals surface area (Å²) in [6.45, 7) is 4.55. The monoisotopic (exact) mass is 528 g/mol. The number of ether oxygens (including phenoxy) is 4. The molecule has 0 aliphatic carbocycles. The minimum absolute atomic E-state index is 0.323. The van der Waals surface area contributed by atoms with E-state index < -0.39 is 0 Å². The number of hydrogen-bond donors (Lipinski definition) is 2. The second kappa shape index (κ2) is 12.1. The zero-order valence-corrected chi connectivity index (χ0v) is 22.9. The Morgan fingerprint density at radius 1 is 0.641 bits per heavy atom. The van der Waals surface area contributed by atoms with Gasteiger partial charge in [0.15, 0.2) is 11.6 Å². The molecule has 0 saturated carbocycles. The van der Waals surface area contributed by atoms with Crippen molar-refractivity contribution in [3.05, 3.63) is 71.3 Å². The first-order chi connectivity index (χ1) is 18.8. The third-order valence-electron chi connectivity index (χ3n) is 5.93. The molecular formula is C29H32N6O4. The van der Waals surface area contributed by atoms with E-state index >= 15 is 0 Å². The Bertz CT molecular complexity index is 1610. The summed E-state index contributed by atoms with van der Waals surface area (Å²) in [5.41, 5.74) is 12.1. The Labute approximate surface area is 227 Å². The van der Waals surface area contributed by atoms with E-state index in [4.69, 9.17) is 24.7 Å². The number of aryl methyl sites for hydroxylation is 2. The molecule has 0 fully saturated rings. The van der Waals surface area contributed by atoms with Gasteiger partial charge >= 0.3 is 0 Å². The van der Waals surface area contributed by atoms with E-state index in [0.29, 0.717) is 29.9 Å². The van der Waals surface area contributed by atoms with Crippen LogP contribution in [0.4, 0.5) is 11.6 Å². The van der Waals surface area contributed by atoms with Gasteiger partial charge in [-0.25, -0.2) is 19.9 Å². The molecule has 0 amide bonds. The third-order valence-corrected chi connectivity index (χ3v) is 5.93. The molecule has 0 radical (unpaired) electrons. The largest absolute Gasteiger partial charge is 0.497 e. The summed E-state index contributed by atoms with van der Waals surface area (Å²) < 4.78 is 21.0. The molecule has 5 rings (SSSR count). The molecule has 0 aliphatic rings. The first kappa shape index (κ1) is 27.2. The zero-order chi connectivity index (χ0) is 27.9. The molecule has 39 heavy (non-hydrogen) atoms. The van der Waals surface area contributed by atoms with Crippen molar-refractivity contribution in [3.63, 3.8) is 0 Å². The molecule has 0 unspecified atom stereocenters.